The number of anilines is 1. The van der Waals surface area contributed by atoms with Gasteiger partial charge in [-0.25, -0.2) is 4.79 Å². The maximum Gasteiger partial charge on any atom is 0.412 e. The molecule has 0 radical (unpaired) electrons. The third-order valence-electron chi connectivity index (χ3n) is 4.12. The number of furan rings is 1. The van der Waals surface area contributed by atoms with Gasteiger partial charge in [0, 0.05) is 31.4 Å². The van der Waals surface area contributed by atoms with Crippen LogP contribution in [0.5, 0.6) is 0 Å². The van der Waals surface area contributed by atoms with E-state index in [0.29, 0.717) is 12.2 Å². The summed E-state index contributed by atoms with van der Waals surface area (Å²) in [6, 6.07) is 9.75. The van der Waals surface area contributed by atoms with Crippen LogP contribution in [0.15, 0.2) is 39.7 Å². The molecule has 7 nitrogen and oxygen atoms in total. The lowest BCUT2D eigenvalue weighted by atomic mass is 10.1. The lowest BCUT2D eigenvalue weighted by molar-refractivity contribution is 0.0636. The molecule has 29 heavy (non-hydrogen) atoms. The summed E-state index contributed by atoms with van der Waals surface area (Å²) in [5, 5.41) is 9.33. The molecule has 1 aromatic heterocycles. The molecule has 7 heteroatoms. The molecular formula is C22H32N4O3. The summed E-state index contributed by atoms with van der Waals surface area (Å²) in [7, 11) is 1.75. The van der Waals surface area contributed by atoms with Crippen LogP contribution >= 0.6 is 0 Å². The van der Waals surface area contributed by atoms with Crippen molar-refractivity contribution < 1.29 is 13.9 Å². The molecular weight excluding hydrogens is 368 g/mol. The number of carbonyl (C=O) groups is 1. The Balaban J connectivity index is 1.76. The van der Waals surface area contributed by atoms with Gasteiger partial charge in [-0.2, -0.15) is 0 Å². The number of guanidine groups is 1. The largest absolute Gasteiger partial charge is 0.466 e. The molecule has 2 aromatic rings. The van der Waals surface area contributed by atoms with Gasteiger partial charge in [0.25, 0.3) is 0 Å². The summed E-state index contributed by atoms with van der Waals surface area (Å²) in [5.41, 5.74) is 2.47. The Morgan fingerprint density at radius 2 is 1.83 bits per heavy atom. The second-order valence-electron chi connectivity index (χ2n) is 7.86. The van der Waals surface area contributed by atoms with Gasteiger partial charge < -0.3 is 19.8 Å². The molecule has 0 saturated heterocycles. The number of carbonyl (C=O) groups excluding carboxylic acids is 1. The molecule has 0 aliphatic rings. The summed E-state index contributed by atoms with van der Waals surface area (Å²) in [6.45, 7) is 10.8. The van der Waals surface area contributed by atoms with Crippen LogP contribution in [0.4, 0.5) is 10.5 Å². The summed E-state index contributed by atoms with van der Waals surface area (Å²) >= 11 is 0. The van der Waals surface area contributed by atoms with E-state index in [9.17, 15) is 4.79 Å². The zero-order valence-corrected chi connectivity index (χ0v) is 18.2. The van der Waals surface area contributed by atoms with Gasteiger partial charge in [-0.15, -0.1) is 0 Å². The molecule has 0 atom stereocenters. The predicted molar refractivity (Wildman–Crippen MR) is 116 cm³/mol. The number of aliphatic imine (C=N–C) groups is 1. The first kappa shape index (κ1) is 22.3. The number of nitrogens with one attached hydrogen (secondary N) is 3. The van der Waals surface area contributed by atoms with Crippen molar-refractivity contribution in [2.24, 2.45) is 4.99 Å². The average Bonchev–Trinajstić information content (AvgIpc) is 2.95. The first-order chi connectivity index (χ1) is 13.7. The lowest BCUT2D eigenvalue weighted by Crippen LogP contribution is -2.37. The molecule has 0 fully saturated rings. The van der Waals surface area contributed by atoms with Gasteiger partial charge in [0.05, 0.1) is 0 Å². The molecule has 1 amide bonds. The van der Waals surface area contributed by atoms with Crippen LogP contribution in [-0.4, -0.2) is 31.2 Å². The maximum atomic E-state index is 11.8. The van der Waals surface area contributed by atoms with Crippen molar-refractivity contribution in [3.8, 4) is 0 Å². The van der Waals surface area contributed by atoms with Gasteiger partial charge in [0.2, 0.25) is 0 Å². The van der Waals surface area contributed by atoms with Gasteiger partial charge in [-0.1, -0.05) is 12.1 Å². The number of aryl methyl sites for hydroxylation is 2. The fourth-order valence-electron chi connectivity index (χ4n) is 2.76. The topological polar surface area (TPSA) is 87.9 Å². The first-order valence-electron chi connectivity index (χ1n) is 9.75. The fourth-order valence-corrected chi connectivity index (χ4v) is 2.76. The summed E-state index contributed by atoms with van der Waals surface area (Å²) in [5.74, 6) is 2.57. The molecule has 1 aromatic carbocycles. The second kappa shape index (κ2) is 10.0. The van der Waals surface area contributed by atoms with E-state index in [-0.39, 0.29) is 0 Å². The molecule has 0 unspecified atom stereocenters. The predicted octanol–water partition coefficient (Wildman–Crippen LogP) is 4.15. The van der Waals surface area contributed by atoms with E-state index >= 15 is 0 Å². The molecule has 1 heterocycles. The summed E-state index contributed by atoms with van der Waals surface area (Å²) in [6.07, 6.45) is 0.377. The van der Waals surface area contributed by atoms with Crippen molar-refractivity contribution in [3.05, 3.63) is 53.0 Å². The van der Waals surface area contributed by atoms with Crippen molar-refractivity contribution in [1.82, 2.24) is 10.6 Å². The number of ether oxygens (including phenoxy) is 1. The van der Waals surface area contributed by atoms with Gasteiger partial charge in [-0.3, -0.25) is 10.3 Å². The van der Waals surface area contributed by atoms with E-state index in [1.54, 1.807) is 7.05 Å². The quantitative estimate of drug-likeness (QED) is 0.501. The van der Waals surface area contributed by atoms with Crippen molar-refractivity contribution in [2.75, 3.05) is 18.9 Å². The highest BCUT2D eigenvalue weighted by Crippen LogP contribution is 2.14. The number of rotatable bonds is 6. The number of hydrogen-bond acceptors (Lipinski definition) is 4. The van der Waals surface area contributed by atoms with E-state index in [1.807, 2.05) is 65.0 Å². The lowest BCUT2D eigenvalue weighted by Gasteiger charge is -2.19. The highest BCUT2D eigenvalue weighted by atomic mass is 16.6. The molecule has 0 spiro atoms. The first-order valence-corrected chi connectivity index (χ1v) is 9.75. The summed E-state index contributed by atoms with van der Waals surface area (Å²) < 4.78 is 10.8. The fraction of sp³-hybridized carbons (Fsp3) is 0.455. The van der Waals surface area contributed by atoms with Crippen LogP contribution in [0.3, 0.4) is 0 Å². The van der Waals surface area contributed by atoms with Crippen LogP contribution in [0.1, 0.15) is 43.4 Å². The van der Waals surface area contributed by atoms with Gasteiger partial charge in [0.15, 0.2) is 5.96 Å². The molecule has 0 saturated carbocycles. The van der Waals surface area contributed by atoms with Crippen LogP contribution in [-0.2, 0) is 17.7 Å². The third-order valence-corrected chi connectivity index (χ3v) is 4.12. The van der Waals surface area contributed by atoms with Crippen molar-refractivity contribution in [2.45, 2.75) is 53.2 Å². The Kier molecular flexibility index (Phi) is 7.70. The molecule has 0 bridgehead atoms. The van der Waals surface area contributed by atoms with E-state index in [0.717, 1.165) is 41.6 Å². The maximum absolute atomic E-state index is 11.8. The minimum Gasteiger partial charge on any atom is -0.466 e. The highest BCUT2D eigenvalue weighted by Gasteiger charge is 2.16. The molecule has 3 N–H and O–H groups in total. The van der Waals surface area contributed by atoms with E-state index in [2.05, 4.69) is 20.9 Å². The molecule has 0 aliphatic carbocycles. The Morgan fingerprint density at radius 1 is 1.14 bits per heavy atom. The molecule has 0 aliphatic heterocycles. The molecule has 2 rings (SSSR count). The van der Waals surface area contributed by atoms with Gasteiger partial charge in [-0.05, 0) is 64.8 Å². The highest BCUT2D eigenvalue weighted by molar-refractivity contribution is 5.84. The SMILES string of the molecule is CN=C(NCCc1ccc(NC(=O)OC(C)(C)C)cc1)NCc1cc(C)oc1C. The van der Waals surface area contributed by atoms with Crippen LogP contribution in [0, 0.1) is 13.8 Å². The van der Waals surface area contributed by atoms with Crippen molar-refractivity contribution in [1.29, 1.82) is 0 Å². The normalized spacial score (nSPS) is 11.9. The number of hydrogen-bond donors (Lipinski definition) is 3. The standard InChI is InChI=1S/C22H32N4O3/c1-15-13-18(16(2)28-15)14-25-20(23-6)24-12-11-17-7-9-19(10-8-17)26-21(27)29-22(3,4)5/h7-10,13H,11-12,14H2,1-6H3,(H,26,27)(H2,23,24,25). The second-order valence-corrected chi connectivity index (χ2v) is 7.86. The summed E-state index contributed by atoms with van der Waals surface area (Å²) in [4.78, 5) is 16.1. The number of amides is 1. The number of nitrogens with zero attached hydrogens (tertiary/aromatic N) is 1. The van der Waals surface area contributed by atoms with Gasteiger partial charge in [0.1, 0.15) is 17.1 Å². The van der Waals surface area contributed by atoms with Crippen LogP contribution in [0.25, 0.3) is 0 Å². The molecule has 158 valence electrons. The van der Waals surface area contributed by atoms with Crippen LogP contribution in [0.2, 0.25) is 0 Å². The third kappa shape index (κ3) is 7.89. The minimum atomic E-state index is -0.516. The minimum absolute atomic E-state index is 0.454. The van der Waals surface area contributed by atoms with E-state index < -0.39 is 11.7 Å². The number of benzene rings is 1. The zero-order chi connectivity index (χ0) is 21.4. The Bertz CT molecular complexity index is 833. The Morgan fingerprint density at radius 3 is 2.38 bits per heavy atom. The Labute approximate surface area is 172 Å². The van der Waals surface area contributed by atoms with Gasteiger partial charge >= 0.3 is 6.09 Å². The van der Waals surface area contributed by atoms with E-state index in [4.69, 9.17) is 9.15 Å². The average molecular weight is 401 g/mol. The van der Waals surface area contributed by atoms with E-state index in [1.165, 1.54) is 0 Å². The zero-order valence-electron chi connectivity index (χ0n) is 18.2. The monoisotopic (exact) mass is 400 g/mol. The van der Waals surface area contributed by atoms with Crippen LogP contribution < -0.4 is 16.0 Å². The Hall–Kier alpha value is -2.96. The van der Waals surface area contributed by atoms with Crippen molar-refractivity contribution >= 4 is 17.7 Å². The smallest absolute Gasteiger partial charge is 0.412 e. The van der Waals surface area contributed by atoms with Crippen molar-refractivity contribution in [3.63, 3.8) is 0 Å².